The van der Waals surface area contributed by atoms with Crippen LogP contribution in [0.4, 0.5) is 5.82 Å². The zero-order valence-electron chi connectivity index (χ0n) is 12.9. The second-order valence-electron chi connectivity index (χ2n) is 5.20. The summed E-state index contributed by atoms with van der Waals surface area (Å²) in [7, 11) is -2.22. The summed E-state index contributed by atoms with van der Waals surface area (Å²) in [6, 6.07) is 7.21. The number of aromatic nitrogens is 3. The average Bonchev–Trinajstić information content (AvgIpc) is 2.87. The van der Waals surface area contributed by atoms with Crippen molar-refractivity contribution in [2.24, 2.45) is 0 Å². The fraction of sp³-hybridized carbons (Fsp3) is 0.200. The third-order valence-corrected chi connectivity index (χ3v) is 5.31. The van der Waals surface area contributed by atoms with E-state index in [-0.39, 0.29) is 27.0 Å². The third kappa shape index (κ3) is 2.40. The van der Waals surface area contributed by atoms with Gasteiger partial charge in [-0.1, -0.05) is 0 Å². The Labute approximate surface area is 133 Å². The molecule has 0 aliphatic carbocycles. The first-order valence-corrected chi connectivity index (χ1v) is 8.42. The van der Waals surface area contributed by atoms with Crippen LogP contribution in [0, 0.1) is 13.8 Å². The number of benzene rings is 1. The van der Waals surface area contributed by atoms with Crippen LogP contribution in [0.5, 0.6) is 5.75 Å². The summed E-state index contributed by atoms with van der Waals surface area (Å²) in [6.45, 7) is 3.64. The smallest absolute Gasteiger partial charge is 0.214 e. The van der Waals surface area contributed by atoms with E-state index in [1.54, 1.807) is 14.0 Å². The van der Waals surface area contributed by atoms with Gasteiger partial charge in [0.2, 0.25) is 9.84 Å². The van der Waals surface area contributed by atoms with Crippen molar-refractivity contribution in [1.29, 1.82) is 0 Å². The second kappa shape index (κ2) is 5.24. The van der Waals surface area contributed by atoms with Crippen LogP contribution in [0.25, 0.3) is 5.65 Å². The van der Waals surface area contributed by atoms with Crippen LogP contribution in [0.1, 0.15) is 11.4 Å². The predicted octanol–water partition coefficient (Wildman–Crippen LogP) is 1.93. The Morgan fingerprint density at radius 1 is 1.17 bits per heavy atom. The largest absolute Gasteiger partial charge is 0.508 e. The highest BCUT2D eigenvalue weighted by Gasteiger charge is 2.28. The summed E-state index contributed by atoms with van der Waals surface area (Å²) in [5, 5.41) is 16.5. The number of aryl methyl sites for hydroxylation is 2. The van der Waals surface area contributed by atoms with E-state index < -0.39 is 9.84 Å². The standard InChI is InChI=1S/C15H16N4O3S/c1-9-8-10(2)19-15(17-9)13(14(16-3)18-19)23(21,22)12-6-4-11(20)5-7-12/h4-8,20H,1-3H3,(H,16,18). The van der Waals surface area contributed by atoms with Crippen molar-refractivity contribution in [1.82, 2.24) is 14.6 Å². The van der Waals surface area contributed by atoms with E-state index in [1.807, 2.05) is 13.0 Å². The highest BCUT2D eigenvalue weighted by atomic mass is 32.2. The molecule has 0 unspecified atom stereocenters. The molecule has 0 saturated heterocycles. The van der Waals surface area contributed by atoms with Gasteiger partial charge in [0.05, 0.1) is 4.90 Å². The lowest BCUT2D eigenvalue weighted by Crippen LogP contribution is -2.05. The van der Waals surface area contributed by atoms with Gasteiger partial charge in [-0.3, -0.25) is 0 Å². The third-order valence-electron chi connectivity index (χ3n) is 3.51. The van der Waals surface area contributed by atoms with Crippen molar-refractivity contribution in [2.75, 3.05) is 12.4 Å². The summed E-state index contributed by atoms with van der Waals surface area (Å²) in [4.78, 5) is 4.44. The lowest BCUT2D eigenvalue weighted by atomic mass is 10.3. The maximum Gasteiger partial charge on any atom is 0.214 e. The van der Waals surface area contributed by atoms with Crippen molar-refractivity contribution >= 4 is 21.3 Å². The first-order chi connectivity index (χ1) is 10.8. The number of rotatable bonds is 3. The molecule has 3 aromatic rings. The number of sulfone groups is 1. The Hall–Kier alpha value is -2.61. The van der Waals surface area contributed by atoms with Gasteiger partial charge in [-0.25, -0.2) is 17.9 Å². The van der Waals surface area contributed by atoms with Crippen LogP contribution >= 0.6 is 0 Å². The van der Waals surface area contributed by atoms with Crippen molar-refractivity contribution in [2.45, 2.75) is 23.6 Å². The maximum absolute atomic E-state index is 13.0. The minimum atomic E-state index is -3.83. The van der Waals surface area contributed by atoms with Gasteiger partial charge in [0, 0.05) is 18.4 Å². The van der Waals surface area contributed by atoms with Crippen LogP contribution in [0.3, 0.4) is 0 Å². The topological polar surface area (TPSA) is 96.6 Å². The van der Waals surface area contributed by atoms with Crippen molar-refractivity contribution in [3.05, 3.63) is 41.7 Å². The van der Waals surface area contributed by atoms with Crippen LogP contribution in [0.2, 0.25) is 0 Å². The first-order valence-electron chi connectivity index (χ1n) is 6.93. The van der Waals surface area contributed by atoms with E-state index >= 15 is 0 Å². The number of nitrogens with one attached hydrogen (secondary N) is 1. The van der Waals surface area contributed by atoms with E-state index in [0.29, 0.717) is 5.69 Å². The number of hydrogen-bond acceptors (Lipinski definition) is 6. The molecule has 1 aromatic carbocycles. The van der Waals surface area contributed by atoms with E-state index in [9.17, 15) is 13.5 Å². The maximum atomic E-state index is 13.0. The molecule has 3 rings (SSSR count). The van der Waals surface area contributed by atoms with Gasteiger partial charge in [0.15, 0.2) is 16.4 Å². The number of phenolic OH excluding ortho intramolecular Hbond substituents is 1. The van der Waals surface area contributed by atoms with Gasteiger partial charge in [-0.2, -0.15) is 0 Å². The zero-order chi connectivity index (χ0) is 16.8. The Kier molecular flexibility index (Phi) is 3.48. The fourth-order valence-corrected chi connectivity index (χ4v) is 3.96. The normalized spacial score (nSPS) is 11.8. The molecule has 7 nitrogen and oxygen atoms in total. The summed E-state index contributed by atoms with van der Waals surface area (Å²) in [6.07, 6.45) is 0. The highest BCUT2D eigenvalue weighted by molar-refractivity contribution is 7.91. The monoisotopic (exact) mass is 332 g/mol. The number of hydrogen-bond donors (Lipinski definition) is 2. The Morgan fingerprint density at radius 3 is 2.43 bits per heavy atom. The van der Waals surface area contributed by atoms with E-state index in [1.165, 1.54) is 28.8 Å². The van der Waals surface area contributed by atoms with E-state index in [2.05, 4.69) is 15.4 Å². The second-order valence-corrected chi connectivity index (χ2v) is 7.09. The zero-order valence-corrected chi connectivity index (χ0v) is 13.7. The average molecular weight is 332 g/mol. The molecule has 23 heavy (non-hydrogen) atoms. The van der Waals surface area contributed by atoms with Crippen molar-refractivity contribution in [3.8, 4) is 5.75 Å². The fourth-order valence-electron chi connectivity index (χ4n) is 2.46. The summed E-state index contributed by atoms with van der Waals surface area (Å²) >= 11 is 0. The van der Waals surface area contributed by atoms with E-state index in [0.717, 1.165) is 5.69 Å². The summed E-state index contributed by atoms with van der Waals surface area (Å²) in [5.74, 6) is 0.238. The number of aromatic hydroxyl groups is 1. The van der Waals surface area contributed by atoms with Gasteiger partial charge in [-0.05, 0) is 44.2 Å². The molecule has 0 aliphatic rings. The van der Waals surface area contributed by atoms with Crippen LogP contribution in [-0.2, 0) is 9.84 Å². The lowest BCUT2D eigenvalue weighted by molar-refractivity contribution is 0.475. The van der Waals surface area contributed by atoms with Crippen molar-refractivity contribution in [3.63, 3.8) is 0 Å². The molecule has 0 radical (unpaired) electrons. The van der Waals surface area contributed by atoms with Gasteiger partial charge in [-0.15, -0.1) is 5.10 Å². The van der Waals surface area contributed by atoms with E-state index in [4.69, 9.17) is 0 Å². The number of anilines is 1. The van der Waals surface area contributed by atoms with Gasteiger partial charge < -0.3 is 10.4 Å². The van der Waals surface area contributed by atoms with Crippen LogP contribution in [0.15, 0.2) is 40.1 Å². The quantitative estimate of drug-likeness (QED) is 0.761. The Balaban J connectivity index is 2.36. The molecule has 2 N–H and O–H groups in total. The molecule has 2 aromatic heterocycles. The minimum absolute atomic E-state index is 0.00229. The molecular weight excluding hydrogens is 316 g/mol. The Morgan fingerprint density at radius 2 is 1.83 bits per heavy atom. The van der Waals surface area contributed by atoms with Gasteiger partial charge in [0.25, 0.3) is 0 Å². The molecule has 0 fully saturated rings. The molecule has 0 amide bonds. The molecule has 0 saturated carbocycles. The predicted molar refractivity (Wildman–Crippen MR) is 85.6 cm³/mol. The molecule has 0 bridgehead atoms. The summed E-state index contributed by atoms with van der Waals surface area (Å²) in [5.41, 5.74) is 1.77. The first kappa shape index (κ1) is 15.3. The Bertz CT molecular complexity index is 992. The highest BCUT2D eigenvalue weighted by Crippen LogP contribution is 2.31. The minimum Gasteiger partial charge on any atom is -0.508 e. The van der Waals surface area contributed by atoms with Crippen LogP contribution in [-0.4, -0.2) is 35.2 Å². The molecule has 120 valence electrons. The molecule has 8 heteroatoms. The summed E-state index contributed by atoms with van der Waals surface area (Å²) < 4.78 is 27.5. The lowest BCUT2D eigenvalue weighted by Gasteiger charge is -2.06. The molecular formula is C15H16N4O3S. The number of fused-ring (bicyclic) bond motifs is 1. The molecule has 0 spiro atoms. The molecule has 2 heterocycles. The SMILES string of the molecule is CNc1nn2c(C)cc(C)nc2c1S(=O)(=O)c1ccc(O)cc1. The van der Waals surface area contributed by atoms with Crippen LogP contribution < -0.4 is 5.32 Å². The van der Waals surface area contributed by atoms with Gasteiger partial charge in [0.1, 0.15) is 5.75 Å². The number of phenols is 1. The molecule has 0 aliphatic heterocycles. The number of nitrogens with zero attached hydrogens (tertiary/aromatic N) is 3. The van der Waals surface area contributed by atoms with Gasteiger partial charge >= 0.3 is 0 Å². The van der Waals surface area contributed by atoms with Crippen molar-refractivity contribution < 1.29 is 13.5 Å². The molecule has 0 atom stereocenters.